The molecule has 0 amide bonds. The number of hydrogen-bond acceptors (Lipinski definition) is 3. The maximum absolute atomic E-state index is 13.0. The molecule has 0 radical (unpaired) electrons. The molecule has 0 aromatic heterocycles. The van der Waals surface area contributed by atoms with Gasteiger partial charge in [-0.2, -0.15) is 0 Å². The van der Waals surface area contributed by atoms with E-state index in [-0.39, 0.29) is 5.82 Å². The zero-order chi connectivity index (χ0) is 13.9. The van der Waals surface area contributed by atoms with Crippen molar-refractivity contribution >= 4 is 0 Å². The van der Waals surface area contributed by atoms with Gasteiger partial charge in [0.05, 0.1) is 0 Å². The van der Waals surface area contributed by atoms with Gasteiger partial charge in [-0.1, -0.05) is 12.1 Å². The van der Waals surface area contributed by atoms with Crippen molar-refractivity contribution in [3.63, 3.8) is 0 Å². The molecule has 2 unspecified atom stereocenters. The maximum Gasteiger partial charge on any atom is 0.123 e. The maximum atomic E-state index is 13.0. The highest BCUT2D eigenvalue weighted by atomic mass is 19.1. The molecule has 3 nitrogen and oxygen atoms in total. The highest BCUT2D eigenvalue weighted by Crippen LogP contribution is 2.23. The van der Waals surface area contributed by atoms with Crippen LogP contribution in [0.25, 0.3) is 0 Å². The molecule has 1 aromatic carbocycles. The monoisotopic (exact) mass is 277 g/mol. The van der Waals surface area contributed by atoms with Gasteiger partial charge in [-0.25, -0.2) is 4.39 Å². The van der Waals surface area contributed by atoms with Crippen LogP contribution in [-0.4, -0.2) is 55.1 Å². The molecule has 2 aliphatic heterocycles. The fourth-order valence-electron chi connectivity index (χ4n) is 3.39. The topological polar surface area (TPSA) is 18.5 Å². The minimum atomic E-state index is -0.153. The third-order valence-corrected chi connectivity index (χ3v) is 4.80. The zero-order valence-corrected chi connectivity index (χ0v) is 12.2. The summed E-state index contributed by atoms with van der Waals surface area (Å²) < 4.78 is 13.0. The Morgan fingerprint density at radius 1 is 1.15 bits per heavy atom. The lowest BCUT2D eigenvalue weighted by molar-refractivity contribution is 0.0787. The average molecular weight is 277 g/mol. The van der Waals surface area contributed by atoms with Crippen molar-refractivity contribution in [2.75, 3.05) is 39.3 Å². The molecule has 0 saturated carbocycles. The Hall–Kier alpha value is -0.970. The highest BCUT2D eigenvalue weighted by Gasteiger charge is 2.27. The van der Waals surface area contributed by atoms with Crippen molar-refractivity contribution in [1.29, 1.82) is 0 Å². The minimum Gasteiger partial charge on any atom is -0.315 e. The molecule has 0 bridgehead atoms. The summed E-state index contributed by atoms with van der Waals surface area (Å²) in [7, 11) is 0. The van der Waals surface area contributed by atoms with Crippen LogP contribution in [0.2, 0.25) is 0 Å². The van der Waals surface area contributed by atoms with Gasteiger partial charge in [-0.05, 0) is 37.6 Å². The average Bonchev–Trinajstić information content (AvgIpc) is 3.02. The Morgan fingerprint density at radius 2 is 1.85 bits per heavy atom. The van der Waals surface area contributed by atoms with Crippen molar-refractivity contribution in [1.82, 2.24) is 15.1 Å². The van der Waals surface area contributed by atoms with Gasteiger partial charge >= 0.3 is 0 Å². The lowest BCUT2D eigenvalue weighted by Gasteiger charge is -2.40. The van der Waals surface area contributed by atoms with E-state index >= 15 is 0 Å². The summed E-state index contributed by atoms with van der Waals surface area (Å²) >= 11 is 0. The molecule has 2 heterocycles. The summed E-state index contributed by atoms with van der Waals surface area (Å²) in [6, 6.07) is 8.05. The first-order valence-corrected chi connectivity index (χ1v) is 7.68. The first-order valence-electron chi connectivity index (χ1n) is 7.68. The van der Waals surface area contributed by atoms with Gasteiger partial charge in [0, 0.05) is 44.8 Å². The Balaban J connectivity index is 1.55. The smallest absolute Gasteiger partial charge is 0.123 e. The molecule has 2 saturated heterocycles. The summed E-state index contributed by atoms with van der Waals surface area (Å²) in [5.41, 5.74) is 1.21. The quantitative estimate of drug-likeness (QED) is 0.910. The molecule has 2 atom stereocenters. The molecule has 1 N–H and O–H groups in total. The third kappa shape index (κ3) is 3.03. The number of halogens is 1. The lowest BCUT2D eigenvalue weighted by atomic mass is 10.1. The largest absolute Gasteiger partial charge is 0.315 e. The molecule has 20 heavy (non-hydrogen) atoms. The second-order valence-corrected chi connectivity index (χ2v) is 5.95. The molecular formula is C16H24FN3. The second kappa shape index (κ2) is 6.20. The van der Waals surface area contributed by atoms with Crippen LogP contribution in [0.3, 0.4) is 0 Å². The zero-order valence-electron chi connectivity index (χ0n) is 12.2. The van der Waals surface area contributed by atoms with E-state index in [4.69, 9.17) is 0 Å². The van der Waals surface area contributed by atoms with Gasteiger partial charge in [-0.15, -0.1) is 0 Å². The normalized spacial score (nSPS) is 26.8. The van der Waals surface area contributed by atoms with E-state index in [9.17, 15) is 4.39 Å². The SMILES string of the molecule is CC(c1ccc(F)cc1)N1CCN(C2CCNC2)CC1. The fraction of sp³-hybridized carbons (Fsp3) is 0.625. The molecular weight excluding hydrogens is 253 g/mol. The van der Waals surface area contributed by atoms with E-state index < -0.39 is 0 Å². The predicted octanol–water partition coefficient (Wildman–Crippen LogP) is 1.87. The second-order valence-electron chi connectivity index (χ2n) is 5.95. The van der Waals surface area contributed by atoms with Crippen molar-refractivity contribution in [3.05, 3.63) is 35.6 Å². The van der Waals surface area contributed by atoms with Gasteiger partial charge in [0.1, 0.15) is 5.82 Å². The molecule has 110 valence electrons. The van der Waals surface area contributed by atoms with Crippen LogP contribution in [0, 0.1) is 5.82 Å². The summed E-state index contributed by atoms with van der Waals surface area (Å²) in [5.74, 6) is -0.153. The molecule has 3 rings (SSSR count). The van der Waals surface area contributed by atoms with Crippen molar-refractivity contribution in [3.8, 4) is 0 Å². The predicted molar refractivity (Wildman–Crippen MR) is 79.2 cm³/mol. The standard InChI is InChI=1S/C16H24FN3/c1-13(14-2-4-15(17)5-3-14)19-8-10-20(11-9-19)16-6-7-18-12-16/h2-5,13,16,18H,6-12H2,1H3. The van der Waals surface area contributed by atoms with E-state index in [0.29, 0.717) is 6.04 Å². The van der Waals surface area contributed by atoms with Crippen LogP contribution < -0.4 is 5.32 Å². The fourth-order valence-corrected chi connectivity index (χ4v) is 3.39. The van der Waals surface area contributed by atoms with Crippen molar-refractivity contribution in [2.24, 2.45) is 0 Å². The van der Waals surface area contributed by atoms with Crippen LogP contribution in [0.15, 0.2) is 24.3 Å². The Morgan fingerprint density at radius 3 is 2.45 bits per heavy atom. The molecule has 1 aromatic rings. The number of nitrogens with one attached hydrogen (secondary N) is 1. The van der Waals surface area contributed by atoms with Gasteiger partial charge in [0.15, 0.2) is 0 Å². The summed E-state index contributed by atoms with van der Waals surface area (Å²) in [5, 5.41) is 3.44. The van der Waals surface area contributed by atoms with Crippen LogP contribution >= 0.6 is 0 Å². The first kappa shape index (κ1) is 14.0. The van der Waals surface area contributed by atoms with Crippen LogP contribution in [0.1, 0.15) is 24.9 Å². The van der Waals surface area contributed by atoms with Crippen LogP contribution in [0.4, 0.5) is 4.39 Å². The van der Waals surface area contributed by atoms with Gasteiger partial charge < -0.3 is 5.32 Å². The number of rotatable bonds is 3. The Bertz CT molecular complexity index is 420. The van der Waals surface area contributed by atoms with E-state index in [1.807, 2.05) is 12.1 Å². The molecule has 2 fully saturated rings. The lowest BCUT2D eigenvalue weighted by Crippen LogP contribution is -2.51. The molecule has 2 aliphatic rings. The van der Waals surface area contributed by atoms with Crippen molar-refractivity contribution in [2.45, 2.75) is 25.4 Å². The minimum absolute atomic E-state index is 0.153. The highest BCUT2D eigenvalue weighted by molar-refractivity contribution is 5.19. The number of piperazine rings is 1. The molecule has 4 heteroatoms. The van der Waals surface area contributed by atoms with Gasteiger partial charge in [-0.3, -0.25) is 9.80 Å². The number of benzene rings is 1. The summed E-state index contributed by atoms with van der Waals surface area (Å²) in [4.78, 5) is 5.12. The molecule has 0 aliphatic carbocycles. The molecule has 0 spiro atoms. The van der Waals surface area contributed by atoms with E-state index in [1.165, 1.54) is 12.0 Å². The van der Waals surface area contributed by atoms with Crippen molar-refractivity contribution < 1.29 is 4.39 Å². The van der Waals surface area contributed by atoms with E-state index in [0.717, 1.165) is 45.3 Å². The van der Waals surface area contributed by atoms with Crippen LogP contribution in [0.5, 0.6) is 0 Å². The van der Waals surface area contributed by atoms with Crippen LogP contribution in [-0.2, 0) is 0 Å². The van der Waals surface area contributed by atoms with Gasteiger partial charge in [0.25, 0.3) is 0 Å². The van der Waals surface area contributed by atoms with E-state index in [1.54, 1.807) is 12.1 Å². The third-order valence-electron chi connectivity index (χ3n) is 4.80. The summed E-state index contributed by atoms with van der Waals surface area (Å²) in [6.07, 6.45) is 1.29. The van der Waals surface area contributed by atoms with E-state index in [2.05, 4.69) is 22.0 Å². The Labute approximate surface area is 120 Å². The first-order chi connectivity index (χ1) is 9.74. The number of nitrogens with zero attached hydrogens (tertiary/aromatic N) is 2. The number of hydrogen-bond donors (Lipinski definition) is 1. The Kier molecular flexibility index (Phi) is 4.34. The van der Waals surface area contributed by atoms with Gasteiger partial charge in [0.2, 0.25) is 0 Å². The summed E-state index contributed by atoms with van der Waals surface area (Å²) in [6.45, 7) is 9.05.